The number of thiazole rings is 1. The van der Waals surface area contributed by atoms with Gasteiger partial charge in [-0.1, -0.05) is 17.4 Å². The molecule has 2 N–H and O–H groups in total. The Labute approximate surface area is 157 Å². The summed E-state index contributed by atoms with van der Waals surface area (Å²) < 4.78 is 35.2. The first-order valence-electron chi connectivity index (χ1n) is 8.05. The first-order chi connectivity index (χ1) is 12.9. The van der Waals surface area contributed by atoms with Gasteiger partial charge in [-0.25, -0.2) is 8.78 Å². The standard InChI is InChI=1S/C20H14F2N2O2S/c1-24-16-5-2-11(8-19(16)27-20(24)25)14-10-13(23)4-7-17(14)26-18-6-3-12(21)9-15(18)22/h2-10H,23H2,1H3. The van der Waals surface area contributed by atoms with Crippen molar-refractivity contribution < 1.29 is 13.5 Å². The SMILES string of the molecule is Cn1c(=O)sc2cc(-c3cc(N)ccc3Oc3ccc(F)cc3F)ccc21. The summed E-state index contributed by atoms with van der Waals surface area (Å²) in [5, 5.41) is 0. The molecule has 0 unspecified atom stereocenters. The average Bonchev–Trinajstić information content (AvgIpc) is 2.92. The summed E-state index contributed by atoms with van der Waals surface area (Å²) in [6.45, 7) is 0. The number of fused-ring (bicyclic) bond motifs is 1. The van der Waals surface area contributed by atoms with Crippen LogP contribution in [-0.2, 0) is 7.05 Å². The summed E-state index contributed by atoms with van der Waals surface area (Å²) in [4.78, 5) is 11.8. The number of anilines is 1. The molecule has 0 saturated heterocycles. The third kappa shape index (κ3) is 3.17. The largest absolute Gasteiger partial charge is 0.454 e. The lowest BCUT2D eigenvalue weighted by Crippen LogP contribution is -2.06. The Hall–Kier alpha value is -3.19. The fourth-order valence-corrected chi connectivity index (χ4v) is 3.76. The van der Waals surface area contributed by atoms with Crippen molar-refractivity contribution in [1.82, 2.24) is 4.57 Å². The Kier molecular flexibility index (Phi) is 4.16. The first-order valence-corrected chi connectivity index (χ1v) is 8.86. The van der Waals surface area contributed by atoms with Gasteiger partial charge in [-0.3, -0.25) is 4.79 Å². The predicted molar refractivity (Wildman–Crippen MR) is 103 cm³/mol. The average molecular weight is 384 g/mol. The summed E-state index contributed by atoms with van der Waals surface area (Å²) in [6.07, 6.45) is 0. The Morgan fingerprint density at radius 2 is 1.78 bits per heavy atom. The Morgan fingerprint density at radius 1 is 1.00 bits per heavy atom. The molecule has 0 spiro atoms. The fourth-order valence-electron chi connectivity index (χ4n) is 2.84. The van der Waals surface area contributed by atoms with E-state index in [1.807, 2.05) is 18.2 Å². The zero-order valence-electron chi connectivity index (χ0n) is 14.2. The van der Waals surface area contributed by atoms with Gasteiger partial charge in [0.15, 0.2) is 11.6 Å². The van der Waals surface area contributed by atoms with Crippen LogP contribution in [0.5, 0.6) is 11.5 Å². The van der Waals surface area contributed by atoms with Gasteiger partial charge in [0.2, 0.25) is 0 Å². The van der Waals surface area contributed by atoms with Crippen LogP contribution in [0, 0.1) is 11.6 Å². The topological polar surface area (TPSA) is 57.2 Å². The van der Waals surface area contributed by atoms with Crippen molar-refractivity contribution >= 4 is 27.2 Å². The van der Waals surface area contributed by atoms with E-state index in [0.717, 1.165) is 39.2 Å². The first kappa shape index (κ1) is 17.2. The van der Waals surface area contributed by atoms with Gasteiger partial charge in [-0.2, -0.15) is 0 Å². The second-order valence-electron chi connectivity index (χ2n) is 6.04. The van der Waals surface area contributed by atoms with Gasteiger partial charge in [-0.05, 0) is 48.0 Å². The van der Waals surface area contributed by atoms with Gasteiger partial charge in [0.25, 0.3) is 0 Å². The van der Waals surface area contributed by atoms with E-state index in [4.69, 9.17) is 10.5 Å². The highest BCUT2D eigenvalue weighted by molar-refractivity contribution is 7.16. The molecule has 4 rings (SSSR count). The Balaban J connectivity index is 1.83. The van der Waals surface area contributed by atoms with E-state index in [1.54, 1.807) is 29.8 Å². The zero-order valence-corrected chi connectivity index (χ0v) is 15.0. The lowest BCUT2D eigenvalue weighted by atomic mass is 10.0. The van der Waals surface area contributed by atoms with Crippen LogP contribution in [0.25, 0.3) is 21.3 Å². The van der Waals surface area contributed by atoms with Crippen LogP contribution in [0.2, 0.25) is 0 Å². The van der Waals surface area contributed by atoms with Crippen LogP contribution in [0.3, 0.4) is 0 Å². The van der Waals surface area contributed by atoms with Gasteiger partial charge in [0.1, 0.15) is 11.6 Å². The molecule has 0 aliphatic heterocycles. The molecule has 136 valence electrons. The summed E-state index contributed by atoms with van der Waals surface area (Å²) in [5.74, 6) is -1.19. The third-order valence-corrected chi connectivity index (χ3v) is 5.22. The van der Waals surface area contributed by atoms with E-state index in [-0.39, 0.29) is 10.6 Å². The van der Waals surface area contributed by atoms with Gasteiger partial charge in [0, 0.05) is 24.4 Å². The van der Waals surface area contributed by atoms with Gasteiger partial charge >= 0.3 is 4.87 Å². The van der Waals surface area contributed by atoms with E-state index < -0.39 is 11.6 Å². The van der Waals surface area contributed by atoms with E-state index in [9.17, 15) is 13.6 Å². The summed E-state index contributed by atoms with van der Waals surface area (Å²) in [6, 6.07) is 13.7. The third-order valence-electron chi connectivity index (χ3n) is 4.22. The smallest absolute Gasteiger partial charge is 0.307 e. The van der Waals surface area contributed by atoms with Crippen molar-refractivity contribution in [3.63, 3.8) is 0 Å². The molecule has 0 atom stereocenters. The predicted octanol–water partition coefficient (Wildman–Crippen LogP) is 4.92. The van der Waals surface area contributed by atoms with Gasteiger partial charge < -0.3 is 15.0 Å². The van der Waals surface area contributed by atoms with Crippen molar-refractivity contribution in [3.8, 4) is 22.6 Å². The molecule has 1 aromatic heterocycles. The molecule has 7 heteroatoms. The minimum Gasteiger partial charge on any atom is -0.454 e. The van der Waals surface area contributed by atoms with E-state index >= 15 is 0 Å². The molecule has 1 heterocycles. The van der Waals surface area contributed by atoms with Crippen molar-refractivity contribution in [2.75, 3.05) is 5.73 Å². The fraction of sp³-hybridized carbons (Fsp3) is 0.0500. The number of nitrogens with zero attached hydrogens (tertiary/aromatic N) is 1. The van der Waals surface area contributed by atoms with Crippen molar-refractivity contribution in [2.24, 2.45) is 7.05 Å². The number of benzene rings is 3. The summed E-state index contributed by atoms with van der Waals surface area (Å²) >= 11 is 1.14. The number of rotatable bonds is 3. The number of aromatic nitrogens is 1. The van der Waals surface area contributed by atoms with Crippen LogP contribution < -0.4 is 15.3 Å². The van der Waals surface area contributed by atoms with Crippen molar-refractivity contribution in [3.05, 3.63) is 75.9 Å². The van der Waals surface area contributed by atoms with Crippen LogP contribution in [-0.4, -0.2) is 4.57 Å². The molecule has 4 aromatic rings. The number of aryl methyl sites for hydroxylation is 1. The van der Waals surface area contributed by atoms with Gasteiger partial charge in [0.05, 0.1) is 10.2 Å². The zero-order chi connectivity index (χ0) is 19.1. The molecular formula is C20H14F2N2O2S. The monoisotopic (exact) mass is 384 g/mol. The lowest BCUT2D eigenvalue weighted by Gasteiger charge is -2.13. The highest BCUT2D eigenvalue weighted by Crippen LogP contribution is 2.37. The minimum absolute atomic E-state index is 0.0559. The number of halogens is 2. The molecule has 27 heavy (non-hydrogen) atoms. The van der Waals surface area contributed by atoms with E-state index in [0.29, 0.717) is 17.0 Å². The van der Waals surface area contributed by atoms with Crippen molar-refractivity contribution in [2.45, 2.75) is 0 Å². The quantitative estimate of drug-likeness (QED) is 0.510. The normalized spacial score (nSPS) is 11.1. The molecule has 0 fully saturated rings. The number of hydrogen-bond acceptors (Lipinski definition) is 4. The van der Waals surface area contributed by atoms with E-state index in [1.165, 1.54) is 6.07 Å². The highest BCUT2D eigenvalue weighted by atomic mass is 32.1. The highest BCUT2D eigenvalue weighted by Gasteiger charge is 2.13. The number of nitrogens with two attached hydrogens (primary N) is 1. The van der Waals surface area contributed by atoms with Gasteiger partial charge in [-0.15, -0.1) is 0 Å². The summed E-state index contributed by atoms with van der Waals surface area (Å²) in [7, 11) is 1.72. The maximum absolute atomic E-state index is 14.0. The molecular weight excluding hydrogens is 370 g/mol. The van der Waals surface area contributed by atoms with Crippen LogP contribution in [0.1, 0.15) is 0 Å². The molecule has 0 aliphatic carbocycles. The number of ether oxygens (including phenoxy) is 1. The molecule has 0 radical (unpaired) electrons. The summed E-state index contributed by atoms with van der Waals surface area (Å²) in [5.41, 5.74) is 8.67. The molecule has 0 saturated carbocycles. The van der Waals surface area contributed by atoms with Crippen LogP contribution >= 0.6 is 11.3 Å². The lowest BCUT2D eigenvalue weighted by molar-refractivity contribution is 0.439. The maximum Gasteiger partial charge on any atom is 0.307 e. The molecule has 0 aliphatic rings. The molecule has 0 bridgehead atoms. The van der Waals surface area contributed by atoms with Crippen LogP contribution in [0.4, 0.5) is 14.5 Å². The molecule has 0 amide bonds. The Bertz CT molecular complexity index is 1230. The maximum atomic E-state index is 14.0. The molecule has 3 aromatic carbocycles. The molecule has 4 nitrogen and oxygen atoms in total. The number of nitrogen functional groups attached to an aromatic ring is 1. The van der Waals surface area contributed by atoms with Crippen molar-refractivity contribution in [1.29, 1.82) is 0 Å². The minimum atomic E-state index is -0.797. The number of hydrogen-bond donors (Lipinski definition) is 1. The Morgan fingerprint density at radius 3 is 2.56 bits per heavy atom. The van der Waals surface area contributed by atoms with E-state index in [2.05, 4.69) is 0 Å². The second kappa shape index (κ2) is 6.51. The second-order valence-corrected chi connectivity index (χ2v) is 7.04. The van der Waals surface area contributed by atoms with Crippen LogP contribution in [0.15, 0.2) is 59.4 Å².